The summed E-state index contributed by atoms with van der Waals surface area (Å²) in [5, 5.41) is 12.6. The minimum Gasteiger partial charge on any atom is -0.479 e. The van der Waals surface area contributed by atoms with Gasteiger partial charge >= 0.3 is 5.97 Å². The number of nitrogens with zero attached hydrogens (tertiary/aromatic N) is 4. The third-order valence-electron chi connectivity index (χ3n) is 5.76. The largest absolute Gasteiger partial charge is 0.479 e. The van der Waals surface area contributed by atoms with Gasteiger partial charge in [0, 0.05) is 12.5 Å². The van der Waals surface area contributed by atoms with E-state index in [9.17, 15) is 9.59 Å². The van der Waals surface area contributed by atoms with E-state index in [4.69, 9.17) is 38.3 Å². The van der Waals surface area contributed by atoms with Crippen LogP contribution in [0.2, 0.25) is 5.28 Å². The van der Waals surface area contributed by atoms with Gasteiger partial charge in [-0.1, -0.05) is 12.8 Å². The summed E-state index contributed by atoms with van der Waals surface area (Å²) in [5.74, 6) is 0.252. The lowest BCUT2D eigenvalue weighted by Crippen LogP contribution is -2.40. The first kappa shape index (κ1) is 22.3. The van der Waals surface area contributed by atoms with Crippen LogP contribution < -0.4 is 11.1 Å². The number of nitrogens with one attached hydrogen (secondary N) is 1. The molecule has 170 valence electrons. The Bertz CT molecular complexity index is 1050. The predicted octanol–water partition coefficient (Wildman–Crippen LogP) is 1.33. The van der Waals surface area contributed by atoms with Gasteiger partial charge in [0.1, 0.15) is 6.23 Å². The van der Waals surface area contributed by atoms with Crippen LogP contribution in [0.15, 0.2) is 6.33 Å². The van der Waals surface area contributed by atoms with E-state index in [0.29, 0.717) is 29.4 Å². The molecule has 4 unspecified atom stereocenters. The fraction of sp³-hybridized carbons (Fsp3) is 0.550. The van der Waals surface area contributed by atoms with E-state index in [2.05, 4.69) is 26.2 Å². The average Bonchev–Trinajstić information content (AvgIpc) is 3.46. The number of halogens is 1. The number of carbonyl (C=O) groups is 2. The summed E-state index contributed by atoms with van der Waals surface area (Å²) in [7, 11) is 0. The fourth-order valence-electron chi connectivity index (χ4n) is 4.16. The molecule has 3 heterocycles. The normalized spacial score (nSPS) is 24.4. The topological polar surface area (TPSA) is 154 Å². The molecule has 1 aliphatic carbocycles. The van der Waals surface area contributed by atoms with Gasteiger partial charge in [0.2, 0.25) is 11.4 Å². The van der Waals surface area contributed by atoms with Gasteiger partial charge in [0.25, 0.3) is 5.91 Å². The first-order chi connectivity index (χ1) is 15.4. The number of aliphatic carboxylic acids is 1. The van der Waals surface area contributed by atoms with Gasteiger partial charge in [0.05, 0.1) is 25.0 Å². The van der Waals surface area contributed by atoms with E-state index >= 15 is 0 Å². The van der Waals surface area contributed by atoms with Crippen LogP contribution in [-0.4, -0.2) is 61.4 Å². The van der Waals surface area contributed by atoms with Crippen LogP contribution in [0.3, 0.4) is 0 Å². The highest BCUT2D eigenvalue weighted by atomic mass is 35.5. The molecule has 11 nitrogen and oxygen atoms in total. The molecule has 2 aliphatic rings. The van der Waals surface area contributed by atoms with Gasteiger partial charge in [0.15, 0.2) is 17.0 Å². The number of nitrogens with two attached hydrogens (primary N) is 1. The minimum absolute atomic E-state index is 0.0804. The van der Waals surface area contributed by atoms with E-state index in [-0.39, 0.29) is 17.8 Å². The maximum atomic E-state index is 11.3. The Labute approximate surface area is 188 Å². The molecule has 1 saturated carbocycles. The summed E-state index contributed by atoms with van der Waals surface area (Å²) in [6, 6.07) is 0.317. The summed E-state index contributed by atoms with van der Waals surface area (Å²) in [6.45, 7) is -0.206. The number of carboxylic acid groups (broad SMARTS) is 1. The van der Waals surface area contributed by atoms with E-state index < -0.39 is 30.3 Å². The summed E-state index contributed by atoms with van der Waals surface area (Å²) in [6.07, 6.45) is 9.14. The molecule has 2 aromatic heterocycles. The Kier molecular flexibility index (Phi) is 6.45. The second-order valence-corrected chi connectivity index (χ2v) is 8.22. The molecule has 2 fully saturated rings. The predicted molar refractivity (Wildman–Crippen MR) is 114 cm³/mol. The van der Waals surface area contributed by atoms with Crippen LogP contribution in [-0.2, 0) is 19.1 Å². The first-order valence-corrected chi connectivity index (χ1v) is 10.7. The van der Waals surface area contributed by atoms with Crippen molar-refractivity contribution in [2.45, 2.75) is 56.6 Å². The number of primary amides is 1. The van der Waals surface area contributed by atoms with Crippen molar-refractivity contribution >= 4 is 40.5 Å². The molecular formula is C20H23ClN6O5. The highest BCUT2D eigenvalue weighted by Crippen LogP contribution is 2.36. The van der Waals surface area contributed by atoms with Crippen LogP contribution in [0.5, 0.6) is 0 Å². The van der Waals surface area contributed by atoms with Crippen LogP contribution in [0.1, 0.15) is 38.3 Å². The number of carbonyl (C=O) groups excluding carboxylic acids is 1. The van der Waals surface area contributed by atoms with Crippen molar-refractivity contribution in [3.8, 4) is 12.3 Å². The van der Waals surface area contributed by atoms with Gasteiger partial charge in [-0.05, 0) is 24.4 Å². The number of rotatable bonds is 8. The smallest absolute Gasteiger partial charge is 0.342 e. The lowest BCUT2D eigenvalue weighted by atomic mass is 10.0. The first-order valence-electron chi connectivity index (χ1n) is 10.3. The Hall–Kier alpha value is -2.94. The quantitative estimate of drug-likeness (QED) is 0.299. The minimum atomic E-state index is -1.78. The average molecular weight is 463 g/mol. The number of anilines is 1. The molecule has 0 spiro atoms. The lowest BCUT2D eigenvalue weighted by molar-refractivity contribution is -0.159. The van der Waals surface area contributed by atoms with Crippen molar-refractivity contribution in [1.82, 2.24) is 19.5 Å². The maximum Gasteiger partial charge on any atom is 0.342 e. The number of ether oxygens (including phenoxy) is 2. The highest BCUT2D eigenvalue weighted by molar-refractivity contribution is 6.28. The third-order valence-corrected chi connectivity index (χ3v) is 5.93. The Morgan fingerprint density at radius 1 is 1.44 bits per heavy atom. The molecule has 4 N–H and O–H groups in total. The molecule has 0 bridgehead atoms. The zero-order valence-corrected chi connectivity index (χ0v) is 17.9. The van der Waals surface area contributed by atoms with Crippen molar-refractivity contribution in [3.05, 3.63) is 11.6 Å². The number of imidazole rings is 1. The van der Waals surface area contributed by atoms with Gasteiger partial charge in [-0.25, -0.2) is 9.78 Å². The van der Waals surface area contributed by atoms with Crippen LogP contribution in [0, 0.1) is 18.3 Å². The van der Waals surface area contributed by atoms with Gasteiger partial charge in [-0.2, -0.15) is 9.97 Å². The number of hydrogen-bond acceptors (Lipinski definition) is 8. The molecule has 4 atom stereocenters. The highest BCUT2D eigenvalue weighted by Gasteiger charge is 2.38. The Balaban J connectivity index is 1.54. The Morgan fingerprint density at radius 3 is 2.84 bits per heavy atom. The molecule has 0 radical (unpaired) electrons. The number of amides is 1. The second-order valence-electron chi connectivity index (χ2n) is 7.88. The second kappa shape index (κ2) is 9.28. The SMILES string of the molecule is C#CC1CC(n2cnc3c(NC4CCCC4)nc(Cl)nc32)OC1COC(C(N)=O)C(=O)O. The summed E-state index contributed by atoms with van der Waals surface area (Å²) in [5.41, 5.74) is 6.14. The van der Waals surface area contributed by atoms with Crippen LogP contribution in [0.25, 0.3) is 11.2 Å². The molecule has 2 aromatic rings. The number of fused-ring (bicyclic) bond motifs is 1. The fourth-order valence-corrected chi connectivity index (χ4v) is 4.33. The molecule has 12 heteroatoms. The number of hydrogen-bond donors (Lipinski definition) is 3. The third kappa shape index (κ3) is 4.48. The van der Waals surface area contributed by atoms with Gasteiger partial charge < -0.3 is 25.6 Å². The molecule has 0 aromatic carbocycles. The maximum absolute atomic E-state index is 11.3. The Morgan fingerprint density at radius 2 is 2.19 bits per heavy atom. The zero-order chi connectivity index (χ0) is 22.8. The molecular weight excluding hydrogens is 440 g/mol. The zero-order valence-electron chi connectivity index (χ0n) is 17.1. The van der Waals surface area contributed by atoms with E-state index in [1.165, 1.54) is 12.8 Å². The van der Waals surface area contributed by atoms with Crippen LogP contribution >= 0.6 is 11.6 Å². The summed E-state index contributed by atoms with van der Waals surface area (Å²) >= 11 is 6.18. The number of aromatic nitrogens is 4. The lowest BCUT2D eigenvalue weighted by Gasteiger charge is -2.18. The van der Waals surface area contributed by atoms with E-state index in [1.807, 2.05) is 0 Å². The molecule has 1 amide bonds. The molecule has 4 rings (SSSR count). The molecule has 32 heavy (non-hydrogen) atoms. The van der Waals surface area contributed by atoms with Gasteiger partial charge in [-0.3, -0.25) is 9.36 Å². The summed E-state index contributed by atoms with van der Waals surface area (Å²) < 4.78 is 12.9. The monoisotopic (exact) mass is 462 g/mol. The van der Waals surface area contributed by atoms with E-state index in [1.54, 1.807) is 10.9 Å². The van der Waals surface area contributed by atoms with Crippen molar-refractivity contribution < 1.29 is 24.2 Å². The van der Waals surface area contributed by atoms with Crippen LogP contribution in [0.4, 0.5) is 5.82 Å². The van der Waals surface area contributed by atoms with Crippen molar-refractivity contribution in [2.75, 3.05) is 11.9 Å². The molecule has 1 saturated heterocycles. The van der Waals surface area contributed by atoms with Gasteiger partial charge in [-0.15, -0.1) is 12.3 Å². The molecule has 1 aliphatic heterocycles. The van der Waals surface area contributed by atoms with Crippen molar-refractivity contribution in [3.63, 3.8) is 0 Å². The van der Waals surface area contributed by atoms with Crippen molar-refractivity contribution in [2.24, 2.45) is 11.7 Å². The number of carboxylic acids is 1. The van der Waals surface area contributed by atoms with Crippen molar-refractivity contribution in [1.29, 1.82) is 0 Å². The standard InChI is InChI=1S/C20H23ClN6O5/c1-2-10-7-13(32-12(10)8-31-15(16(22)28)19(29)30)27-9-23-14-17(24-11-5-3-4-6-11)25-20(21)26-18(14)27/h1,9-13,15H,3-8H2,(H2,22,28)(H,29,30)(H,24,25,26). The summed E-state index contributed by atoms with van der Waals surface area (Å²) in [4.78, 5) is 35.5. The van der Waals surface area contributed by atoms with E-state index in [0.717, 1.165) is 12.8 Å². The number of terminal acetylenes is 1.